The van der Waals surface area contributed by atoms with Crippen LogP contribution < -0.4 is 10.1 Å². The highest BCUT2D eigenvalue weighted by molar-refractivity contribution is 5.43. The van der Waals surface area contributed by atoms with Gasteiger partial charge in [-0.3, -0.25) is 5.32 Å². The van der Waals surface area contributed by atoms with Crippen LogP contribution in [0.5, 0.6) is 5.75 Å². The monoisotopic (exact) mass is 223 g/mol. The maximum absolute atomic E-state index is 5.29. The van der Waals surface area contributed by atoms with Crippen molar-refractivity contribution in [2.75, 3.05) is 27.5 Å². The predicted octanol–water partition coefficient (Wildman–Crippen LogP) is 2.05. The van der Waals surface area contributed by atoms with Crippen molar-refractivity contribution in [2.45, 2.75) is 20.3 Å². The van der Waals surface area contributed by atoms with Crippen LogP contribution in [0.2, 0.25) is 0 Å². The molecule has 1 rings (SSSR count). The first kappa shape index (κ1) is 13.0. The van der Waals surface area contributed by atoms with Crippen molar-refractivity contribution < 1.29 is 9.47 Å². The standard InChI is InChI=1S/C13H21NO2/c1-10-11(2)13(16-4)6-5-12(10)7-8-14-9-15-3/h5-6,14H,7-9H2,1-4H3. The van der Waals surface area contributed by atoms with Crippen LogP contribution in [0.1, 0.15) is 16.7 Å². The smallest absolute Gasteiger partial charge is 0.122 e. The van der Waals surface area contributed by atoms with Gasteiger partial charge >= 0.3 is 0 Å². The Kier molecular flexibility index (Phi) is 5.29. The van der Waals surface area contributed by atoms with Crippen LogP contribution >= 0.6 is 0 Å². The SMILES string of the molecule is COCNCCc1ccc(OC)c(C)c1C. The molecule has 16 heavy (non-hydrogen) atoms. The second kappa shape index (κ2) is 6.51. The van der Waals surface area contributed by atoms with Gasteiger partial charge in [0.1, 0.15) is 5.75 Å². The molecule has 0 fully saturated rings. The van der Waals surface area contributed by atoms with E-state index in [0.717, 1.165) is 18.7 Å². The normalized spacial score (nSPS) is 10.5. The topological polar surface area (TPSA) is 30.5 Å². The molecule has 0 aliphatic rings. The number of rotatable bonds is 6. The Balaban J connectivity index is 2.64. The highest BCUT2D eigenvalue weighted by atomic mass is 16.5. The molecule has 0 heterocycles. The molecule has 0 unspecified atom stereocenters. The zero-order valence-corrected chi connectivity index (χ0v) is 10.6. The molecule has 0 aliphatic heterocycles. The summed E-state index contributed by atoms with van der Waals surface area (Å²) in [5.41, 5.74) is 3.91. The van der Waals surface area contributed by atoms with Gasteiger partial charge < -0.3 is 9.47 Å². The van der Waals surface area contributed by atoms with Crippen molar-refractivity contribution in [3.05, 3.63) is 28.8 Å². The van der Waals surface area contributed by atoms with E-state index in [4.69, 9.17) is 9.47 Å². The van der Waals surface area contributed by atoms with Crippen molar-refractivity contribution in [2.24, 2.45) is 0 Å². The second-order valence-corrected chi connectivity index (χ2v) is 3.86. The minimum absolute atomic E-state index is 0.605. The lowest BCUT2D eigenvalue weighted by molar-refractivity contribution is 0.176. The van der Waals surface area contributed by atoms with E-state index in [9.17, 15) is 0 Å². The number of nitrogens with one attached hydrogen (secondary N) is 1. The quantitative estimate of drug-likeness (QED) is 0.591. The Bertz CT molecular complexity index is 337. The molecule has 1 aromatic rings. The second-order valence-electron chi connectivity index (χ2n) is 3.86. The molecular formula is C13H21NO2. The summed E-state index contributed by atoms with van der Waals surface area (Å²) in [5.74, 6) is 0.964. The first-order valence-corrected chi connectivity index (χ1v) is 5.53. The fraction of sp³-hybridized carbons (Fsp3) is 0.538. The van der Waals surface area contributed by atoms with Crippen LogP contribution in [0, 0.1) is 13.8 Å². The van der Waals surface area contributed by atoms with E-state index in [0.29, 0.717) is 6.73 Å². The summed E-state index contributed by atoms with van der Waals surface area (Å²) in [6.07, 6.45) is 1.01. The molecule has 0 spiro atoms. The van der Waals surface area contributed by atoms with E-state index in [1.54, 1.807) is 14.2 Å². The molecule has 90 valence electrons. The molecule has 3 heteroatoms. The Morgan fingerprint density at radius 2 is 1.88 bits per heavy atom. The van der Waals surface area contributed by atoms with Crippen molar-refractivity contribution in [1.82, 2.24) is 5.32 Å². The molecule has 3 nitrogen and oxygen atoms in total. The van der Waals surface area contributed by atoms with E-state index in [1.807, 2.05) is 6.07 Å². The molecule has 1 N–H and O–H groups in total. The molecule has 1 aromatic carbocycles. The highest BCUT2D eigenvalue weighted by Crippen LogP contribution is 2.23. The van der Waals surface area contributed by atoms with E-state index >= 15 is 0 Å². The third-order valence-corrected chi connectivity index (χ3v) is 2.89. The molecule has 0 aliphatic carbocycles. The molecule has 0 atom stereocenters. The summed E-state index contributed by atoms with van der Waals surface area (Å²) in [5, 5.41) is 3.21. The van der Waals surface area contributed by atoms with Gasteiger partial charge in [-0.05, 0) is 43.0 Å². The van der Waals surface area contributed by atoms with Crippen LogP contribution in [0.15, 0.2) is 12.1 Å². The van der Waals surface area contributed by atoms with E-state index in [1.165, 1.54) is 16.7 Å². The lowest BCUT2D eigenvalue weighted by Crippen LogP contribution is -2.19. The highest BCUT2D eigenvalue weighted by Gasteiger charge is 2.05. The number of methoxy groups -OCH3 is 2. The summed E-state index contributed by atoms with van der Waals surface area (Å²) >= 11 is 0. The van der Waals surface area contributed by atoms with Gasteiger partial charge in [-0.1, -0.05) is 6.07 Å². The van der Waals surface area contributed by atoms with Crippen LogP contribution in [-0.2, 0) is 11.2 Å². The van der Waals surface area contributed by atoms with Crippen molar-refractivity contribution in [3.8, 4) is 5.75 Å². The first-order chi connectivity index (χ1) is 7.70. The van der Waals surface area contributed by atoms with Crippen molar-refractivity contribution in [3.63, 3.8) is 0 Å². The van der Waals surface area contributed by atoms with Gasteiger partial charge in [0, 0.05) is 13.7 Å². The number of benzene rings is 1. The minimum Gasteiger partial charge on any atom is -0.496 e. The van der Waals surface area contributed by atoms with Gasteiger partial charge in [0.05, 0.1) is 13.8 Å². The minimum atomic E-state index is 0.605. The van der Waals surface area contributed by atoms with E-state index < -0.39 is 0 Å². The van der Waals surface area contributed by atoms with Gasteiger partial charge in [0.25, 0.3) is 0 Å². The molecule has 0 radical (unpaired) electrons. The number of hydrogen-bond donors (Lipinski definition) is 1. The number of ether oxygens (including phenoxy) is 2. The fourth-order valence-electron chi connectivity index (χ4n) is 1.74. The van der Waals surface area contributed by atoms with E-state index in [2.05, 4.69) is 25.2 Å². The summed E-state index contributed by atoms with van der Waals surface area (Å²) in [7, 11) is 3.40. The van der Waals surface area contributed by atoms with Crippen molar-refractivity contribution >= 4 is 0 Å². The number of hydrogen-bond acceptors (Lipinski definition) is 3. The lowest BCUT2D eigenvalue weighted by atomic mass is 10.00. The fourth-order valence-corrected chi connectivity index (χ4v) is 1.74. The lowest BCUT2D eigenvalue weighted by Gasteiger charge is -2.12. The third-order valence-electron chi connectivity index (χ3n) is 2.89. The average molecular weight is 223 g/mol. The first-order valence-electron chi connectivity index (χ1n) is 5.53. The summed E-state index contributed by atoms with van der Waals surface area (Å²) in [6, 6.07) is 4.17. The Morgan fingerprint density at radius 1 is 1.12 bits per heavy atom. The Labute approximate surface area is 97.8 Å². The van der Waals surface area contributed by atoms with Crippen LogP contribution in [0.4, 0.5) is 0 Å². The molecule has 0 saturated heterocycles. The maximum Gasteiger partial charge on any atom is 0.122 e. The van der Waals surface area contributed by atoms with Gasteiger partial charge in [-0.15, -0.1) is 0 Å². The van der Waals surface area contributed by atoms with Gasteiger partial charge in [-0.25, -0.2) is 0 Å². The van der Waals surface area contributed by atoms with Gasteiger partial charge in [0.2, 0.25) is 0 Å². The largest absolute Gasteiger partial charge is 0.496 e. The maximum atomic E-state index is 5.29. The van der Waals surface area contributed by atoms with Gasteiger partial charge in [0.15, 0.2) is 0 Å². The van der Waals surface area contributed by atoms with Crippen LogP contribution in [0.25, 0.3) is 0 Å². The van der Waals surface area contributed by atoms with Gasteiger partial charge in [-0.2, -0.15) is 0 Å². The molecular weight excluding hydrogens is 202 g/mol. The van der Waals surface area contributed by atoms with Crippen molar-refractivity contribution in [1.29, 1.82) is 0 Å². The summed E-state index contributed by atoms with van der Waals surface area (Å²) in [6.45, 7) is 5.78. The average Bonchev–Trinajstić information content (AvgIpc) is 2.30. The van der Waals surface area contributed by atoms with Crippen LogP contribution in [-0.4, -0.2) is 27.5 Å². The predicted molar refractivity (Wildman–Crippen MR) is 66.1 cm³/mol. The molecule has 0 amide bonds. The zero-order chi connectivity index (χ0) is 12.0. The molecule has 0 aromatic heterocycles. The van der Waals surface area contributed by atoms with E-state index in [-0.39, 0.29) is 0 Å². The third kappa shape index (κ3) is 3.22. The zero-order valence-electron chi connectivity index (χ0n) is 10.6. The molecule has 0 bridgehead atoms. The summed E-state index contributed by atoms with van der Waals surface area (Å²) < 4.78 is 10.2. The Hall–Kier alpha value is -1.06. The Morgan fingerprint density at radius 3 is 2.50 bits per heavy atom. The summed E-state index contributed by atoms with van der Waals surface area (Å²) in [4.78, 5) is 0. The van der Waals surface area contributed by atoms with Crippen LogP contribution in [0.3, 0.4) is 0 Å². The molecule has 0 saturated carbocycles.